The Bertz CT molecular complexity index is 961. The highest BCUT2D eigenvalue weighted by molar-refractivity contribution is 5.94. The molecular formula is C16H13N3O4. The van der Waals surface area contributed by atoms with Gasteiger partial charge in [0.25, 0.3) is 0 Å². The van der Waals surface area contributed by atoms with Gasteiger partial charge in [0.15, 0.2) is 5.76 Å². The topological polar surface area (TPSA) is 119 Å². The standard InChI is InChI=1S/C16H13N3O4/c1-8(17)19-10-3-4-12-11(6-10)14(21)15(22)16(23-12)9-2-5-13(20)18-7-9/h2-7,22H,1H3,(H2,17,19)(H,18,20). The van der Waals surface area contributed by atoms with E-state index in [4.69, 9.17) is 9.83 Å². The van der Waals surface area contributed by atoms with E-state index < -0.39 is 11.2 Å². The Morgan fingerprint density at radius 2 is 2.04 bits per heavy atom. The summed E-state index contributed by atoms with van der Waals surface area (Å²) >= 11 is 0. The molecule has 0 unspecified atom stereocenters. The van der Waals surface area contributed by atoms with Gasteiger partial charge in [0.2, 0.25) is 17.1 Å². The summed E-state index contributed by atoms with van der Waals surface area (Å²) in [5.41, 5.74) is 0.636. The first kappa shape index (κ1) is 14.6. The Kier molecular flexibility index (Phi) is 3.46. The third kappa shape index (κ3) is 2.71. The van der Waals surface area contributed by atoms with Gasteiger partial charge in [0.1, 0.15) is 5.58 Å². The monoisotopic (exact) mass is 311 g/mol. The third-order valence-corrected chi connectivity index (χ3v) is 3.21. The van der Waals surface area contributed by atoms with Crippen molar-refractivity contribution < 1.29 is 14.6 Å². The van der Waals surface area contributed by atoms with Crippen LogP contribution in [0.2, 0.25) is 0 Å². The molecule has 3 aromatic rings. The van der Waals surface area contributed by atoms with Crippen LogP contribution in [-0.2, 0) is 0 Å². The molecule has 23 heavy (non-hydrogen) atoms. The number of nitrogens with zero attached hydrogens (tertiary/aromatic N) is 1. The van der Waals surface area contributed by atoms with Crippen LogP contribution in [0.3, 0.4) is 0 Å². The normalized spacial score (nSPS) is 10.7. The lowest BCUT2D eigenvalue weighted by Crippen LogP contribution is -2.07. The quantitative estimate of drug-likeness (QED) is 0.426. The summed E-state index contributed by atoms with van der Waals surface area (Å²) in [6.07, 6.45) is 1.30. The molecule has 0 saturated heterocycles. The third-order valence-electron chi connectivity index (χ3n) is 3.21. The van der Waals surface area contributed by atoms with Crippen LogP contribution in [-0.4, -0.2) is 21.0 Å². The molecule has 0 saturated carbocycles. The van der Waals surface area contributed by atoms with Gasteiger partial charge in [-0.2, -0.15) is 0 Å². The van der Waals surface area contributed by atoms with Crippen LogP contribution in [0.4, 0.5) is 5.69 Å². The minimum Gasteiger partial charge on any atom is -0.502 e. The van der Waals surface area contributed by atoms with Crippen LogP contribution < -0.4 is 10.7 Å². The van der Waals surface area contributed by atoms with Gasteiger partial charge in [-0.15, -0.1) is 0 Å². The Hall–Kier alpha value is -3.35. The van der Waals surface area contributed by atoms with Gasteiger partial charge in [-0.3, -0.25) is 10.2 Å². The number of aromatic hydroxyl groups is 2. The summed E-state index contributed by atoms with van der Waals surface area (Å²) in [7, 11) is 0. The molecule has 0 amide bonds. The van der Waals surface area contributed by atoms with Gasteiger partial charge in [0, 0.05) is 23.5 Å². The number of amidine groups is 1. The number of hydrogen-bond acceptors (Lipinski definition) is 6. The first-order chi connectivity index (χ1) is 11.0. The fraction of sp³-hybridized carbons (Fsp3) is 0.0625. The number of nitrogens with one attached hydrogen (secondary N) is 2. The van der Waals surface area contributed by atoms with Crippen molar-refractivity contribution in [2.45, 2.75) is 6.92 Å². The minimum atomic E-state index is -0.583. The van der Waals surface area contributed by atoms with Gasteiger partial charge < -0.3 is 19.9 Å². The van der Waals surface area contributed by atoms with E-state index in [1.807, 2.05) is 0 Å². The number of rotatable bonds is 2. The Labute approximate surface area is 130 Å². The number of hydrogen-bond donors (Lipinski definition) is 4. The molecule has 7 heteroatoms. The molecule has 116 valence electrons. The molecule has 3 rings (SSSR count). The molecule has 0 spiro atoms. The maximum absolute atomic E-state index is 12.4. The van der Waals surface area contributed by atoms with E-state index in [-0.39, 0.29) is 22.9 Å². The predicted molar refractivity (Wildman–Crippen MR) is 86.1 cm³/mol. The molecule has 4 N–H and O–H groups in total. The molecule has 7 nitrogen and oxygen atoms in total. The summed E-state index contributed by atoms with van der Waals surface area (Å²) in [6, 6.07) is 7.58. The summed E-state index contributed by atoms with van der Waals surface area (Å²) in [5.74, 6) is -0.494. The molecule has 2 heterocycles. The summed E-state index contributed by atoms with van der Waals surface area (Å²) < 4.78 is 5.61. The highest BCUT2D eigenvalue weighted by Crippen LogP contribution is 2.30. The van der Waals surface area contributed by atoms with E-state index in [0.717, 1.165) is 0 Å². The van der Waals surface area contributed by atoms with E-state index in [0.29, 0.717) is 16.8 Å². The second-order valence-electron chi connectivity index (χ2n) is 4.97. The number of anilines is 1. The number of fused-ring (bicyclic) bond motifs is 1. The maximum atomic E-state index is 12.4. The van der Waals surface area contributed by atoms with Crippen LogP contribution in [0, 0.1) is 5.41 Å². The van der Waals surface area contributed by atoms with Gasteiger partial charge in [-0.1, -0.05) is 0 Å². The van der Waals surface area contributed by atoms with Crippen LogP contribution >= 0.6 is 0 Å². The van der Waals surface area contributed by atoms with E-state index >= 15 is 0 Å². The smallest absolute Gasteiger partial charge is 0.235 e. The lowest BCUT2D eigenvalue weighted by molar-refractivity contribution is 0.446. The first-order valence-corrected chi connectivity index (χ1v) is 6.73. The zero-order valence-electron chi connectivity index (χ0n) is 12.1. The number of pyridine rings is 1. The molecule has 0 aliphatic rings. The Morgan fingerprint density at radius 3 is 2.70 bits per heavy atom. The molecule has 0 atom stereocenters. The number of benzene rings is 1. The van der Waals surface area contributed by atoms with Crippen molar-refractivity contribution >= 4 is 22.5 Å². The average Bonchev–Trinajstić information content (AvgIpc) is 2.52. The summed E-state index contributed by atoms with van der Waals surface area (Å²) in [6.45, 7) is 1.57. The number of aromatic nitrogens is 1. The molecule has 0 radical (unpaired) electrons. The molecular weight excluding hydrogens is 298 g/mol. The SMILES string of the molecule is CC(=N)Nc1ccc2oc(-c3ccc(O)nc3)c(O)c(=O)c2c1. The maximum Gasteiger partial charge on any atom is 0.235 e. The highest BCUT2D eigenvalue weighted by atomic mass is 16.4. The van der Waals surface area contributed by atoms with E-state index in [1.165, 1.54) is 24.4 Å². The second kappa shape index (κ2) is 5.45. The van der Waals surface area contributed by atoms with Crippen molar-refractivity contribution in [2.24, 2.45) is 0 Å². The Balaban J connectivity index is 2.19. The first-order valence-electron chi connectivity index (χ1n) is 6.73. The van der Waals surface area contributed by atoms with Gasteiger partial charge in [0.05, 0.1) is 11.2 Å². The molecule has 1 aromatic carbocycles. The molecule has 0 bridgehead atoms. The summed E-state index contributed by atoms with van der Waals surface area (Å²) in [4.78, 5) is 16.1. The Morgan fingerprint density at radius 1 is 1.26 bits per heavy atom. The predicted octanol–water partition coefficient (Wildman–Crippen LogP) is 2.68. The minimum absolute atomic E-state index is 0.0149. The fourth-order valence-corrected chi connectivity index (χ4v) is 2.20. The summed E-state index contributed by atoms with van der Waals surface area (Å²) in [5, 5.41) is 29.7. The van der Waals surface area contributed by atoms with Gasteiger partial charge >= 0.3 is 0 Å². The van der Waals surface area contributed by atoms with Crippen LogP contribution in [0.5, 0.6) is 11.6 Å². The average molecular weight is 311 g/mol. The van der Waals surface area contributed by atoms with Gasteiger partial charge in [-0.25, -0.2) is 4.98 Å². The highest BCUT2D eigenvalue weighted by Gasteiger charge is 2.16. The van der Waals surface area contributed by atoms with E-state index in [2.05, 4.69) is 10.3 Å². The zero-order chi connectivity index (χ0) is 16.6. The van der Waals surface area contributed by atoms with Crippen molar-refractivity contribution in [3.05, 3.63) is 46.8 Å². The van der Waals surface area contributed by atoms with E-state index in [9.17, 15) is 15.0 Å². The molecule has 0 fully saturated rings. The largest absolute Gasteiger partial charge is 0.502 e. The lowest BCUT2D eigenvalue weighted by Gasteiger charge is -2.08. The van der Waals surface area contributed by atoms with Crippen molar-refractivity contribution in [1.29, 1.82) is 5.41 Å². The molecule has 2 aromatic heterocycles. The lowest BCUT2D eigenvalue weighted by atomic mass is 10.1. The van der Waals surface area contributed by atoms with Crippen LogP contribution in [0.15, 0.2) is 45.7 Å². The fourth-order valence-electron chi connectivity index (χ4n) is 2.20. The van der Waals surface area contributed by atoms with Crippen molar-refractivity contribution in [3.8, 4) is 23.0 Å². The van der Waals surface area contributed by atoms with Crippen LogP contribution in [0.25, 0.3) is 22.3 Å². The zero-order valence-corrected chi connectivity index (χ0v) is 12.1. The van der Waals surface area contributed by atoms with Crippen molar-refractivity contribution in [3.63, 3.8) is 0 Å². The van der Waals surface area contributed by atoms with Crippen molar-refractivity contribution in [1.82, 2.24) is 4.98 Å². The van der Waals surface area contributed by atoms with Crippen LogP contribution in [0.1, 0.15) is 6.92 Å². The van der Waals surface area contributed by atoms with Crippen molar-refractivity contribution in [2.75, 3.05) is 5.32 Å². The van der Waals surface area contributed by atoms with Gasteiger partial charge in [-0.05, 0) is 31.2 Å². The van der Waals surface area contributed by atoms with E-state index in [1.54, 1.807) is 19.1 Å². The second-order valence-corrected chi connectivity index (χ2v) is 4.97. The molecule has 0 aliphatic carbocycles. The molecule has 0 aliphatic heterocycles.